The van der Waals surface area contributed by atoms with Crippen LogP contribution in [0.25, 0.3) is 6.08 Å². The van der Waals surface area contributed by atoms with Crippen LogP contribution in [-0.4, -0.2) is 5.78 Å². The highest BCUT2D eigenvalue weighted by Gasteiger charge is 2.20. The summed E-state index contributed by atoms with van der Waals surface area (Å²) in [6, 6.07) is 10.2. The molecule has 1 atom stereocenters. The van der Waals surface area contributed by atoms with E-state index in [1.165, 1.54) is 12.0 Å². The topological polar surface area (TPSA) is 17.1 Å². The highest BCUT2D eigenvalue weighted by atomic mass is 16.1. The Bertz CT molecular complexity index is 364. The molecule has 1 fully saturated rings. The van der Waals surface area contributed by atoms with Crippen molar-refractivity contribution in [1.82, 2.24) is 0 Å². The summed E-state index contributed by atoms with van der Waals surface area (Å²) in [4.78, 5) is 11.6. The van der Waals surface area contributed by atoms with Crippen molar-refractivity contribution in [1.29, 1.82) is 0 Å². The van der Waals surface area contributed by atoms with Crippen LogP contribution >= 0.6 is 0 Å². The van der Waals surface area contributed by atoms with Crippen LogP contribution in [0.2, 0.25) is 0 Å². The minimum atomic E-state index is 0.286. The summed E-state index contributed by atoms with van der Waals surface area (Å²) in [5.41, 5.74) is 1.21. The number of carbonyl (C=O) groups is 1. The predicted octanol–water partition coefficient (Wildman–Crippen LogP) is 3.85. The number of Topliss-reactive ketones (excluding diaryl/α,β-unsaturated/α-hetero) is 1. The van der Waals surface area contributed by atoms with Gasteiger partial charge in [-0.15, -0.1) is 0 Å². The average Bonchev–Trinajstić information content (AvgIpc) is 2.33. The van der Waals surface area contributed by atoms with Gasteiger partial charge in [0.2, 0.25) is 0 Å². The van der Waals surface area contributed by atoms with E-state index in [2.05, 4.69) is 24.3 Å². The van der Waals surface area contributed by atoms with Gasteiger partial charge in [-0.2, -0.15) is 0 Å². The van der Waals surface area contributed by atoms with Crippen molar-refractivity contribution in [3.8, 4) is 0 Å². The number of carbonyl (C=O) groups excluding carboxylic acids is 1. The van der Waals surface area contributed by atoms with Crippen molar-refractivity contribution < 1.29 is 4.79 Å². The Morgan fingerprint density at radius 3 is 2.75 bits per heavy atom. The van der Waals surface area contributed by atoms with Gasteiger partial charge in [0.15, 0.2) is 0 Å². The zero-order valence-electron chi connectivity index (χ0n) is 9.56. The smallest absolute Gasteiger partial charge is 0.136 e. The number of benzene rings is 1. The summed E-state index contributed by atoms with van der Waals surface area (Å²) < 4.78 is 0. The van der Waals surface area contributed by atoms with E-state index < -0.39 is 0 Å². The van der Waals surface area contributed by atoms with E-state index in [1.54, 1.807) is 0 Å². The van der Waals surface area contributed by atoms with Crippen molar-refractivity contribution in [3.63, 3.8) is 0 Å². The second-order valence-electron chi connectivity index (χ2n) is 4.46. The van der Waals surface area contributed by atoms with Crippen LogP contribution in [0.3, 0.4) is 0 Å². The number of allylic oxidation sites excluding steroid dienone is 1. The molecule has 0 heterocycles. The number of rotatable bonds is 3. The van der Waals surface area contributed by atoms with Gasteiger partial charge in [-0.1, -0.05) is 48.9 Å². The molecule has 0 saturated heterocycles. The van der Waals surface area contributed by atoms with Gasteiger partial charge < -0.3 is 0 Å². The van der Waals surface area contributed by atoms with Crippen LogP contribution in [0.15, 0.2) is 36.4 Å². The summed E-state index contributed by atoms with van der Waals surface area (Å²) in [5, 5.41) is 0. The van der Waals surface area contributed by atoms with Crippen molar-refractivity contribution in [2.24, 2.45) is 5.92 Å². The molecule has 1 aromatic carbocycles. The lowest BCUT2D eigenvalue weighted by molar-refractivity contribution is -0.124. The fraction of sp³-hybridized carbons (Fsp3) is 0.400. The Kier molecular flexibility index (Phi) is 3.92. The molecule has 16 heavy (non-hydrogen) atoms. The van der Waals surface area contributed by atoms with E-state index in [0.29, 0.717) is 5.78 Å². The molecule has 1 aliphatic carbocycles. The summed E-state index contributed by atoms with van der Waals surface area (Å²) in [6.45, 7) is 0. The van der Waals surface area contributed by atoms with Gasteiger partial charge in [0, 0.05) is 12.3 Å². The zero-order chi connectivity index (χ0) is 11.2. The molecule has 1 aromatic rings. The molecule has 0 aromatic heterocycles. The van der Waals surface area contributed by atoms with Gasteiger partial charge in [0.1, 0.15) is 5.78 Å². The van der Waals surface area contributed by atoms with Gasteiger partial charge in [0.05, 0.1) is 0 Å². The highest BCUT2D eigenvalue weighted by Crippen LogP contribution is 2.23. The first-order chi connectivity index (χ1) is 7.86. The van der Waals surface area contributed by atoms with E-state index in [9.17, 15) is 4.79 Å². The fourth-order valence-corrected chi connectivity index (χ4v) is 2.24. The summed E-state index contributed by atoms with van der Waals surface area (Å²) in [7, 11) is 0. The Hall–Kier alpha value is -1.37. The molecule has 0 unspecified atom stereocenters. The Morgan fingerprint density at radius 1 is 1.19 bits per heavy atom. The Labute approximate surface area is 97.2 Å². The molecule has 0 radical (unpaired) electrons. The SMILES string of the molecule is O=C1CCCC[C@@H]1C/C=C/c1ccccc1. The van der Waals surface area contributed by atoms with E-state index in [4.69, 9.17) is 0 Å². The van der Waals surface area contributed by atoms with Crippen LogP contribution in [0.5, 0.6) is 0 Å². The monoisotopic (exact) mass is 214 g/mol. The van der Waals surface area contributed by atoms with E-state index in [-0.39, 0.29) is 5.92 Å². The second kappa shape index (κ2) is 5.64. The van der Waals surface area contributed by atoms with Crippen LogP contribution in [0.4, 0.5) is 0 Å². The maximum Gasteiger partial charge on any atom is 0.136 e. The van der Waals surface area contributed by atoms with Crippen LogP contribution in [0, 0.1) is 5.92 Å². The van der Waals surface area contributed by atoms with E-state index >= 15 is 0 Å². The Balaban J connectivity index is 1.87. The number of hydrogen-bond acceptors (Lipinski definition) is 1. The normalized spacial score (nSPS) is 21.5. The highest BCUT2D eigenvalue weighted by molar-refractivity contribution is 5.81. The molecule has 1 heteroatoms. The standard InChI is InChI=1S/C15H18O/c16-15-12-5-4-10-14(15)11-6-9-13-7-2-1-3-8-13/h1-3,6-9,14H,4-5,10-12H2/b9-6+/t14-/m1/s1. The zero-order valence-corrected chi connectivity index (χ0v) is 9.56. The minimum absolute atomic E-state index is 0.286. The first-order valence-electron chi connectivity index (χ1n) is 6.10. The molecule has 84 valence electrons. The molecule has 1 nitrogen and oxygen atoms in total. The lowest BCUT2D eigenvalue weighted by atomic mass is 9.85. The lowest BCUT2D eigenvalue weighted by Crippen LogP contribution is -2.17. The molecule has 1 aliphatic rings. The van der Waals surface area contributed by atoms with E-state index in [1.807, 2.05) is 18.2 Å². The molecular weight excluding hydrogens is 196 g/mol. The minimum Gasteiger partial charge on any atom is -0.299 e. The van der Waals surface area contributed by atoms with Crippen LogP contribution < -0.4 is 0 Å². The maximum absolute atomic E-state index is 11.6. The van der Waals surface area contributed by atoms with E-state index in [0.717, 1.165) is 25.7 Å². The van der Waals surface area contributed by atoms with Crippen LogP contribution in [-0.2, 0) is 4.79 Å². The summed E-state index contributed by atoms with van der Waals surface area (Å²) in [5.74, 6) is 0.748. The molecular formula is C15H18O. The molecule has 0 amide bonds. The second-order valence-corrected chi connectivity index (χ2v) is 4.46. The molecule has 0 spiro atoms. The van der Waals surface area contributed by atoms with Crippen molar-refractivity contribution in [3.05, 3.63) is 42.0 Å². The average molecular weight is 214 g/mol. The number of hydrogen-bond donors (Lipinski definition) is 0. The molecule has 0 bridgehead atoms. The molecule has 0 N–H and O–H groups in total. The van der Waals surface area contributed by atoms with Crippen LogP contribution in [0.1, 0.15) is 37.7 Å². The summed E-state index contributed by atoms with van der Waals surface area (Å²) >= 11 is 0. The quantitative estimate of drug-likeness (QED) is 0.747. The van der Waals surface area contributed by atoms with Gasteiger partial charge >= 0.3 is 0 Å². The third-order valence-electron chi connectivity index (χ3n) is 3.21. The summed E-state index contributed by atoms with van der Waals surface area (Å²) in [6.07, 6.45) is 9.36. The molecule has 1 saturated carbocycles. The first kappa shape index (κ1) is 11.1. The van der Waals surface area contributed by atoms with Gasteiger partial charge in [-0.3, -0.25) is 4.79 Å². The fourth-order valence-electron chi connectivity index (χ4n) is 2.24. The van der Waals surface area contributed by atoms with Gasteiger partial charge in [0.25, 0.3) is 0 Å². The van der Waals surface area contributed by atoms with Crippen molar-refractivity contribution in [2.45, 2.75) is 32.1 Å². The van der Waals surface area contributed by atoms with Gasteiger partial charge in [-0.25, -0.2) is 0 Å². The van der Waals surface area contributed by atoms with Crippen molar-refractivity contribution >= 4 is 11.9 Å². The Morgan fingerprint density at radius 2 is 2.00 bits per heavy atom. The third-order valence-corrected chi connectivity index (χ3v) is 3.21. The maximum atomic E-state index is 11.6. The number of ketones is 1. The molecule has 2 rings (SSSR count). The lowest BCUT2D eigenvalue weighted by Gasteiger charge is -2.18. The van der Waals surface area contributed by atoms with Crippen molar-refractivity contribution in [2.75, 3.05) is 0 Å². The molecule has 0 aliphatic heterocycles. The first-order valence-corrected chi connectivity index (χ1v) is 6.10. The largest absolute Gasteiger partial charge is 0.299 e. The van der Waals surface area contributed by atoms with Gasteiger partial charge in [-0.05, 0) is 24.8 Å². The third kappa shape index (κ3) is 3.06. The predicted molar refractivity (Wildman–Crippen MR) is 67.1 cm³/mol.